The smallest absolute Gasteiger partial charge is 0.243 e. The predicted octanol–water partition coefficient (Wildman–Crippen LogP) is 2.50. The Hall–Kier alpha value is -2.40. The Labute approximate surface area is 130 Å². The topological polar surface area (TPSA) is 63.2 Å². The van der Waals surface area contributed by atoms with Crippen molar-refractivity contribution < 1.29 is 13.2 Å². The Morgan fingerprint density at radius 2 is 1.59 bits per heavy atom. The Kier molecular flexibility index (Phi) is 5.12. The van der Waals surface area contributed by atoms with Gasteiger partial charge in [-0.3, -0.25) is 4.79 Å². The molecule has 0 bridgehead atoms. The van der Waals surface area contributed by atoms with Crippen LogP contribution in [-0.2, 0) is 14.6 Å². The molecule has 1 N–H and O–H groups in total. The Morgan fingerprint density at radius 3 is 2.14 bits per heavy atom. The fourth-order valence-corrected chi connectivity index (χ4v) is 3.80. The van der Waals surface area contributed by atoms with Crippen molar-refractivity contribution in [3.63, 3.8) is 0 Å². The van der Waals surface area contributed by atoms with E-state index in [2.05, 4.69) is 11.9 Å². The van der Waals surface area contributed by atoms with E-state index in [1.165, 1.54) is 0 Å². The lowest BCUT2D eigenvalue weighted by atomic mass is 10.1. The fourth-order valence-electron chi connectivity index (χ4n) is 2.11. The monoisotopic (exact) mass is 315 g/mol. The number of amides is 1. The van der Waals surface area contributed by atoms with Crippen molar-refractivity contribution in [1.29, 1.82) is 0 Å². The van der Waals surface area contributed by atoms with E-state index in [0.717, 1.165) is 6.08 Å². The zero-order valence-corrected chi connectivity index (χ0v) is 12.8. The largest absolute Gasteiger partial charge is 0.351 e. The summed E-state index contributed by atoms with van der Waals surface area (Å²) >= 11 is 0. The molecule has 0 saturated heterocycles. The summed E-state index contributed by atoms with van der Waals surface area (Å²) in [5.41, 5.74) is 0.635. The first-order chi connectivity index (χ1) is 10.6. The highest BCUT2D eigenvalue weighted by Gasteiger charge is 2.29. The van der Waals surface area contributed by atoms with Crippen molar-refractivity contribution >= 4 is 15.7 Å². The summed E-state index contributed by atoms with van der Waals surface area (Å²) in [6.07, 6.45) is 1.12. The lowest BCUT2D eigenvalue weighted by Gasteiger charge is -2.18. The van der Waals surface area contributed by atoms with Gasteiger partial charge in [0.2, 0.25) is 5.91 Å². The number of carbonyl (C=O) groups is 1. The van der Waals surface area contributed by atoms with E-state index in [0.29, 0.717) is 5.56 Å². The van der Waals surface area contributed by atoms with Crippen LogP contribution >= 0.6 is 0 Å². The van der Waals surface area contributed by atoms with Crippen molar-refractivity contribution in [2.45, 2.75) is 10.1 Å². The molecule has 5 heteroatoms. The molecule has 114 valence electrons. The summed E-state index contributed by atoms with van der Waals surface area (Å²) in [5, 5.41) is 1.72. The van der Waals surface area contributed by atoms with E-state index in [1.807, 2.05) is 6.07 Å². The van der Waals surface area contributed by atoms with Crippen LogP contribution < -0.4 is 5.32 Å². The highest BCUT2D eigenvalue weighted by molar-refractivity contribution is 7.91. The minimum absolute atomic E-state index is 0.00784. The van der Waals surface area contributed by atoms with E-state index in [4.69, 9.17) is 0 Å². The molecule has 0 spiro atoms. The minimum Gasteiger partial charge on any atom is -0.351 e. The van der Waals surface area contributed by atoms with Crippen LogP contribution in [0.3, 0.4) is 0 Å². The molecule has 1 atom stereocenters. The molecule has 0 saturated carbocycles. The van der Waals surface area contributed by atoms with Crippen LogP contribution in [0.2, 0.25) is 0 Å². The summed E-state index contributed by atoms with van der Waals surface area (Å²) in [6, 6.07) is 17.1. The molecular weight excluding hydrogens is 298 g/mol. The summed E-state index contributed by atoms with van der Waals surface area (Å²) in [6.45, 7) is 3.36. The molecule has 0 aromatic heterocycles. The minimum atomic E-state index is -3.61. The molecule has 1 unspecified atom stereocenters. The summed E-state index contributed by atoms with van der Waals surface area (Å²) in [5.74, 6) is -0.399. The Morgan fingerprint density at radius 1 is 1.05 bits per heavy atom. The highest BCUT2D eigenvalue weighted by atomic mass is 32.2. The third-order valence-corrected chi connectivity index (χ3v) is 5.38. The molecule has 2 aromatic carbocycles. The predicted molar refractivity (Wildman–Crippen MR) is 86.0 cm³/mol. The van der Waals surface area contributed by atoms with Crippen molar-refractivity contribution in [1.82, 2.24) is 5.32 Å². The van der Waals surface area contributed by atoms with E-state index in [1.54, 1.807) is 54.6 Å². The first kappa shape index (κ1) is 16.0. The highest BCUT2D eigenvalue weighted by Crippen LogP contribution is 2.28. The van der Waals surface area contributed by atoms with E-state index in [-0.39, 0.29) is 11.4 Å². The van der Waals surface area contributed by atoms with Crippen LogP contribution in [-0.4, -0.2) is 20.9 Å². The van der Waals surface area contributed by atoms with Gasteiger partial charge in [0, 0.05) is 6.54 Å². The number of rotatable bonds is 6. The van der Waals surface area contributed by atoms with Gasteiger partial charge in [-0.1, -0.05) is 55.1 Å². The Bertz CT molecular complexity index is 740. The van der Waals surface area contributed by atoms with Gasteiger partial charge in [0.1, 0.15) is 5.25 Å². The van der Waals surface area contributed by atoms with Crippen molar-refractivity contribution in [3.8, 4) is 0 Å². The molecule has 22 heavy (non-hydrogen) atoms. The normalized spacial score (nSPS) is 12.4. The Balaban J connectivity index is 2.40. The molecule has 0 aliphatic rings. The molecule has 0 radical (unpaired) electrons. The fraction of sp³-hybridized carbons (Fsp3) is 0.118. The number of sulfone groups is 1. The molecule has 4 nitrogen and oxygen atoms in total. The molecule has 0 fully saturated rings. The zero-order chi connectivity index (χ0) is 16.0. The van der Waals surface area contributed by atoms with E-state index < -0.39 is 21.0 Å². The second-order valence-electron chi connectivity index (χ2n) is 4.71. The maximum Gasteiger partial charge on any atom is 0.243 e. The SMILES string of the molecule is C=CC(=O)NCC(c1ccccc1)S(=O)(=O)c1ccccc1. The van der Waals surface area contributed by atoms with Crippen LogP contribution in [0.1, 0.15) is 10.8 Å². The van der Waals surface area contributed by atoms with Crippen LogP contribution in [0.5, 0.6) is 0 Å². The summed E-state index contributed by atoms with van der Waals surface area (Å²) in [7, 11) is -3.61. The van der Waals surface area contributed by atoms with E-state index >= 15 is 0 Å². The van der Waals surface area contributed by atoms with Crippen molar-refractivity contribution in [2.24, 2.45) is 0 Å². The molecule has 1 amide bonds. The molecule has 0 aliphatic heterocycles. The molecule has 2 aromatic rings. The first-order valence-corrected chi connectivity index (χ1v) is 8.34. The van der Waals surface area contributed by atoms with Gasteiger partial charge in [-0.25, -0.2) is 8.42 Å². The van der Waals surface area contributed by atoms with Gasteiger partial charge in [0.05, 0.1) is 4.90 Å². The maximum atomic E-state index is 12.9. The van der Waals surface area contributed by atoms with Crippen LogP contribution in [0.25, 0.3) is 0 Å². The summed E-state index contributed by atoms with van der Waals surface area (Å²) < 4.78 is 25.7. The number of carbonyl (C=O) groups excluding carboxylic acids is 1. The van der Waals surface area contributed by atoms with Gasteiger partial charge in [-0.15, -0.1) is 0 Å². The van der Waals surface area contributed by atoms with Gasteiger partial charge < -0.3 is 5.32 Å². The number of benzene rings is 2. The van der Waals surface area contributed by atoms with Gasteiger partial charge >= 0.3 is 0 Å². The standard InChI is InChI=1S/C17H17NO3S/c1-2-17(19)18-13-16(14-9-5-3-6-10-14)22(20,21)15-11-7-4-8-12-15/h2-12,16H,1,13H2,(H,18,19). The van der Waals surface area contributed by atoms with Crippen LogP contribution in [0.15, 0.2) is 78.2 Å². The second-order valence-corrected chi connectivity index (χ2v) is 6.84. The summed E-state index contributed by atoms with van der Waals surface area (Å²) in [4.78, 5) is 11.6. The lowest BCUT2D eigenvalue weighted by Crippen LogP contribution is -2.30. The van der Waals surface area contributed by atoms with Gasteiger partial charge in [-0.2, -0.15) is 0 Å². The molecule has 0 aliphatic carbocycles. The molecule has 2 rings (SSSR count). The maximum absolute atomic E-state index is 12.9. The van der Waals surface area contributed by atoms with Crippen molar-refractivity contribution in [3.05, 3.63) is 78.9 Å². The average molecular weight is 315 g/mol. The van der Waals surface area contributed by atoms with E-state index in [9.17, 15) is 13.2 Å². The first-order valence-electron chi connectivity index (χ1n) is 6.80. The second kappa shape index (κ2) is 7.04. The number of nitrogens with one attached hydrogen (secondary N) is 1. The number of hydrogen-bond acceptors (Lipinski definition) is 3. The van der Waals surface area contributed by atoms with Gasteiger partial charge in [-0.05, 0) is 23.8 Å². The van der Waals surface area contributed by atoms with Gasteiger partial charge in [0.25, 0.3) is 0 Å². The zero-order valence-electron chi connectivity index (χ0n) is 12.0. The van der Waals surface area contributed by atoms with Gasteiger partial charge in [0.15, 0.2) is 9.84 Å². The number of hydrogen-bond donors (Lipinski definition) is 1. The third kappa shape index (κ3) is 3.62. The lowest BCUT2D eigenvalue weighted by molar-refractivity contribution is -0.116. The third-order valence-electron chi connectivity index (χ3n) is 3.26. The molecule has 0 heterocycles. The molecular formula is C17H17NO3S. The quantitative estimate of drug-likeness (QED) is 0.833. The van der Waals surface area contributed by atoms with Crippen LogP contribution in [0.4, 0.5) is 0 Å². The van der Waals surface area contributed by atoms with Crippen molar-refractivity contribution in [2.75, 3.05) is 6.54 Å². The van der Waals surface area contributed by atoms with Crippen LogP contribution in [0, 0.1) is 0 Å². The average Bonchev–Trinajstić information content (AvgIpc) is 2.56.